The molecule has 3 heteroatoms. The summed E-state index contributed by atoms with van der Waals surface area (Å²) < 4.78 is 0. The van der Waals surface area contributed by atoms with E-state index in [1.807, 2.05) is 0 Å². The topological polar surface area (TPSA) is 40.5 Å². The fourth-order valence-corrected chi connectivity index (χ4v) is 4.46. The van der Waals surface area contributed by atoms with Crippen LogP contribution in [0.5, 0.6) is 0 Å². The van der Waals surface area contributed by atoms with Gasteiger partial charge in [-0.2, -0.15) is 0 Å². The third-order valence-electron chi connectivity index (χ3n) is 5.83. The molecule has 0 unspecified atom stereocenters. The molecule has 0 radical (unpaired) electrons. The first-order valence-corrected chi connectivity index (χ1v) is 10.8. The highest BCUT2D eigenvalue weighted by Gasteiger charge is 2.11. The predicted molar refractivity (Wildman–Crippen MR) is 138 cm³/mol. The lowest BCUT2D eigenvalue weighted by Crippen LogP contribution is -2.00. The highest BCUT2D eigenvalue weighted by Crippen LogP contribution is 2.38. The van der Waals surface area contributed by atoms with Gasteiger partial charge in [0.15, 0.2) is 0 Å². The average molecular weight is 414 g/mol. The minimum absolute atomic E-state index is 1.17. The van der Waals surface area contributed by atoms with Crippen molar-refractivity contribution in [3.63, 3.8) is 0 Å². The van der Waals surface area contributed by atoms with Crippen LogP contribution < -0.4 is 0 Å². The maximum atomic E-state index is 7.61. The fraction of sp³-hybridized carbons (Fsp3) is 0.0345. The summed E-state index contributed by atoms with van der Waals surface area (Å²) in [5.74, 6) is 0. The van der Waals surface area contributed by atoms with Crippen LogP contribution in [0.2, 0.25) is 6.82 Å². The molecule has 0 aliphatic rings. The van der Waals surface area contributed by atoms with E-state index in [4.69, 9.17) is 10.0 Å². The maximum absolute atomic E-state index is 7.61. The van der Waals surface area contributed by atoms with Crippen LogP contribution in [0.4, 0.5) is 0 Å². The molecule has 0 spiro atoms. The maximum Gasteiger partial charge on any atom is 0.448 e. The molecule has 6 rings (SSSR count). The molecule has 6 aromatic carbocycles. The number of rotatable bonds is 1. The molecule has 6 aromatic rings. The zero-order valence-electron chi connectivity index (χ0n) is 17.9. The van der Waals surface area contributed by atoms with Crippen LogP contribution in [0.3, 0.4) is 0 Å². The van der Waals surface area contributed by atoms with Crippen molar-refractivity contribution in [1.82, 2.24) is 0 Å². The Balaban J connectivity index is 0.000000501. The lowest BCUT2D eigenvalue weighted by Gasteiger charge is -2.13. The van der Waals surface area contributed by atoms with Crippen LogP contribution in [-0.4, -0.2) is 17.2 Å². The van der Waals surface area contributed by atoms with Gasteiger partial charge in [-0.3, -0.25) is 0 Å². The quantitative estimate of drug-likeness (QED) is 0.223. The molecule has 2 N–H and O–H groups in total. The van der Waals surface area contributed by atoms with Crippen molar-refractivity contribution in [3.05, 3.63) is 109 Å². The normalized spacial score (nSPS) is 11.0. The van der Waals surface area contributed by atoms with Gasteiger partial charge in [-0.1, -0.05) is 97.1 Å². The van der Waals surface area contributed by atoms with Crippen LogP contribution in [-0.2, 0) is 0 Å². The summed E-state index contributed by atoms with van der Waals surface area (Å²) in [5.41, 5.74) is 2.56. The Morgan fingerprint density at radius 1 is 0.469 bits per heavy atom. The number of fused-ring (bicyclic) bond motifs is 6. The zero-order chi connectivity index (χ0) is 22.1. The molecule has 0 heterocycles. The first-order chi connectivity index (χ1) is 15.6. The lowest BCUT2D eigenvalue weighted by molar-refractivity contribution is 0.417. The van der Waals surface area contributed by atoms with Gasteiger partial charge in [-0.25, -0.2) is 0 Å². The Morgan fingerprint density at radius 2 is 1.00 bits per heavy atom. The second kappa shape index (κ2) is 8.47. The Labute approximate surface area is 187 Å². The van der Waals surface area contributed by atoms with E-state index in [1.165, 1.54) is 61.0 Å². The van der Waals surface area contributed by atoms with Crippen LogP contribution in [0.25, 0.3) is 54.2 Å². The lowest BCUT2D eigenvalue weighted by atomic mass is 9.90. The molecule has 32 heavy (non-hydrogen) atoms. The fourth-order valence-electron chi connectivity index (χ4n) is 4.46. The van der Waals surface area contributed by atoms with E-state index in [9.17, 15) is 0 Å². The number of benzene rings is 6. The molecule has 0 aromatic heterocycles. The third kappa shape index (κ3) is 3.73. The van der Waals surface area contributed by atoms with Crippen molar-refractivity contribution in [2.75, 3.05) is 0 Å². The van der Waals surface area contributed by atoms with Gasteiger partial charge in [0.1, 0.15) is 0 Å². The monoisotopic (exact) mass is 414 g/mol. The molecule has 0 saturated heterocycles. The minimum atomic E-state index is -1.17. The van der Waals surface area contributed by atoms with E-state index in [2.05, 4.69) is 109 Å². The Morgan fingerprint density at radius 3 is 1.75 bits per heavy atom. The van der Waals surface area contributed by atoms with Gasteiger partial charge in [0.25, 0.3) is 0 Å². The van der Waals surface area contributed by atoms with Crippen molar-refractivity contribution in [2.24, 2.45) is 0 Å². The smallest absolute Gasteiger partial charge is 0.427 e. The zero-order valence-corrected chi connectivity index (χ0v) is 17.9. The van der Waals surface area contributed by atoms with Crippen LogP contribution in [0.15, 0.2) is 109 Å². The molecular weight excluding hydrogens is 391 g/mol. The first kappa shape index (κ1) is 20.3. The molecule has 0 saturated carbocycles. The van der Waals surface area contributed by atoms with Gasteiger partial charge in [0, 0.05) is 0 Å². The average Bonchev–Trinajstić information content (AvgIpc) is 2.82. The van der Waals surface area contributed by atoms with Crippen LogP contribution >= 0.6 is 0 Å². The Hall–Kier alpha value is -3.66. The number of hydrogen-bond acceptors (Lipinski definition) is 2. The second-order valence-electron chi connectivity index (χ2n) is 8.05. The summed E-state index contributed by atoms with van der Waals surface area (Å²) in [6.07, 6.45) is 0. The molecule has 0 atom stereocenters. The van der Waals surface area contributed by atoms with E-state index < -0.39 is 7.12 Å². The van der Waals surface area contributed by atoms with Gasteiger partial charge in [-0.15, -0.1) is 0 Å². The molecule has 154 valence electrons. The van der Waals surface area contributed by atoms with E-state index >= 15 is 0 Å². The molecule has 0 aliphatic carbocycles. The van der Waals surface area contributed by atoms with Crippen molar-refractivity contribution in [3.8, 4) is 11.1 Å². The molecule has 0 fully saturated rings. The first-order valence-electron chi connectivity index (χ1n) is 10.8. The SMILES string of the molecule is CB(O)O.c1ccc2cc(-c3cc4c5ccccc5ccc4c4ccccc34)ccc2c1. The largest absolute Gasteiger partial charge is 0.448 e. The van der Waals surface area contributed by atoms with E-state index in [0.717, 1.165) is 0 Å². The number of hydrogen-bond donors (Lipinski definition) is 2. The molecular formula is C29H23BO2. The van der Waals surface area contributed by atoms with Crippen molar-refractivity contribution >= 4 is 50.2 Å². The predicted octanol–water partition coefficient (Wildman–Crippen LogP) is 7.06. The minimum Gasteiger partial charge on any atom is -0.427 e. The van der Waals surface area contributed by atoms with Crippen molar-refractivity contribution < 1.29 is 10.0 Å². The summed E-state index contributed by atoms with van der Waals surface area (Å²) in [6.45, 7) is 1.28. The summed E-state index contributed by atoms with van der Waals surface area (Å²) in [7, 11) is -1.17. The summed E-state index contributed by atoms with van der Waals surface area (Å²) in [5, 5.41) is 25.6. The summed E-state index contributed by atoms with van der Waals surface area (Å²) in [4.78, 5) is 0. The van der Waals surface area contributed by atoms with E-state index in [0.29, 0.717) is 0 Å². The Kier molecular flexibility index (Phi) is 5.36. The van der Waals surface area contributed by atoms with Gasteiger partial charge in [-0.05, 0) is 73.2 Å². The van der Waals surface area contributed by atoms with Gasteiger partial charge in [0.05, 0.1) is 0 Å². The van der Waals surface area contributed by atoms with Gasteiger partial charge in [0.2, 0.25) is 0 Å². The van der Waals surface area contributed by atoms with Crippen molar-refractivity contribution in [2.45, 2.75) is 6.82 Å². The van der Waals surface area contributed by atoms with E-state index in [-0.39, 0.29) is 0 Å². The molecule has 0 aliphatic heterocycles. The second-order valence-corrected chi connectivity index (χ2v) is 8.05. The van der Waals surface area contributed by atoms with Crippen LogP contribution in [0.1, 0.15) is 0 Å². The molecule has 2 nitrogen and oxygen atoms in total. The highest BCUT2D eigenvalue weighted by atomic mass is 16.4. The van der Waals surface area contributed by atoms with E-state index in [1.54, 1.807) is 0 Å². The van der Waals surface area contributed by atoms with Gasteiger partial charge >= 0.3 is 7.12 Å². The standard InChI is InChI=1S/C28H18.CH5BO2/c1-2-9-21-17-22(14-13-19(21)7-1)27-18-28-23-10-4-3-8-20(23)15-16-26(28)24-11-5-6-12-25(24)27;1-2(3)4/h1-18H;3-4H,1H3. The third-order valence-corrected chi connectivity index (χ3v) is 5.83. The van der Waals surface area contributed by atoms with Gasteiger partial charge < -0.3 is 10.0 Å². The summed E-state index contributed by atoms with van der Waals surface area (Å²) >= 11 is 0. The van der Waals surface area contributed by atoms with Crippen molar-refractivity contribution in [1.29, 1.82) is 0 Å². The molecule has 0 amide bonds. The summed E-state index contributed by atoms with van der Waals surface area (Å²) in [6, 6.07) is 39.7. The highest BCUT2D eigenvalue weighted by molar-refractivity contribution is 6.39. The Bertz CT molecular complexity index is 1570. The molecule has 0 bridgehead atoms. The van der Waals surface area contributed by atoms with Crippen LogP contribution in [0, 0.1) is 0 Å².